The van der Waals surface area contributed by atoms with Crippen molar-refractivity contribution in [3.05, 3.63) is 71.9 Å². The molecular formula is C28H31N5O4. The largest absolute Gasteiger partial charge is 0.493 e. The van der Waals surface area contributed by atoms with E-state index in [1.165, 1.54) is 0 Å². The number of H-pyrrole nitrogens is 1. The molecule has 37 heavy (non-hydrogen) atoms. The Bertz CT molecular complexity index is 1360. The van der Waals surface area contributed by atoms with Gasteiger partial charge in [-0.15, -0.1) is 5.11 Å². The molecule has 0 spiro atoms. The number of pyridine rings is 1. The average molecular weight is 502 g/mol. The van der Waals surface area contributed by atoms with Gasteiger partial charge in [0.25, 0.3) is 0 Å². The number of hydrogen-bond acceptors (Lipinski definition) is 8. The van der Waals surface area contributed by atoms with Crippen LogP contribution in [0.3, 0.4) is 0 Å². The minimum absolute atomic E-state index is 0.459. The normalized spacial score (nSPS) is 13.8. The van der Waals surface area contributed by atoms with Gasteiger partial charge in [0.1, 0.15) is 0 Å². The number of morpholine rings is 1. The van der Waals surface area contributed by atoms with Crippen molar-refractivity contribution in [2.75, 3.05) is 52.0 Å². The highest BCUT2D eigenvalue weighted by molar-refractivity contribution is 5.82. The summed E-state index contributed by atoms with van der Waals surface area (Å²) in [6, 6.07) is 17.9. The van der Waals surface area contributed by atoms with Crippen LogP contribution in [-0.2, 0) is 17.7 Å². The summed E-state index contributed by atoms with van der Waals surface area (Å²) in [5.41, 5.74) is 4.27. The maximum absolute atomic E-state index is 6.07. The van der Waals surface area contributed by atoms with E-state index in [2.05, 4.69) is 37.2 Å². The van der Waals surface area contributed by atoms with Crippen LogP contribution in [0.15, 0.2) is 71.0 Å². The summed E-state index contributed by atoms with van der Waals surface area (Å²) in [6.07, 6.45) is 2.67. The third-order valence-corrected chi connectivity index (χ3v) is 6.33. The van der Waals surface area contributed by atoms with Gasteiger partial charge < -0.3 is 28.8 Å². The average Bonchev–Trinajstić information content (AvgIpc) is 3.36. The Balaban J connectivity index is 1.30. The van der Waals surface area contributed by atoms with Crippen molar-refractivity contribution in [2.45, 2.75) is 13.0 Å². The molecule has 0 aliphatic carbocycles. The zero-order valence-electron chi connectivity index (χ0n) is 21.1. The number of azo groups is 1. The van der Waals surface area contributed by atoms with Gasteiger partial charge in [0.2, 0.25) is 5.88 Å². The molecule has 0 radical (unpaired) electrons. The van der Waals surface area contributed by atoms with Gasteiger partial charge in [0.15, 0.2) is 17.3 Å². The van der Waals surface area contributed by atoms with Crippen LogP contribution in [0.2, 0.25) is 0 Å². The number of methoxy groups -OCH3 is 2. The van der Waals surface area contributed by atoms with Gasteiger partial charge in [-0.3, -0.25) is 0 Å². The zero-order chi connectivity index (χ0) is 25.5. The number of aromatic nitrogens is 2. The summed E-state index contributed by atoms with van der Waals surface area (Å²) >= 11 is 0. The lowest BCUT2D eigenvalue weighted by molar-refractivity contribution is 0.122. The fourth-order valence-electron chi connectivity index (χ4n) is 4.36. The topological polar surface area (TPSA) is 93.6 Å². The second-order valence-electron chi connectivity index (χ2n) is 8.67. The number of anilines is 1. The predicted molar refractivity (Wildman–Crippen MR) is 143 cm³/mol. The smallest absolute Gasteiger partial charge is 0.217 e. The summed E-state index contributed by atoms with van der Waals surface area (Å²) in [5.74, 6) is 2.44. The highest BCUT2D eigenvalue weighted by atomic mass is 16.5. The van der Waals surface area contributed by atoms with E-state index in [4.69, 9.17) is 18.9 Å². The van der Waals surface area contributed by atoms with Crippen LogP contribution >= 0.6 is 0 Å². The lowest BCUT2D eigenvalue weighted by Gasteiger charge is -2.29. The Hall–Kier alpha value is -4.11. The lowest BCUT2D eigenvalue weighted by atomic mass is 10.1. The molecule has 2 aromatic carbocycles. The van der Waals surface area contributed by atoms with E-state index < -0.39 is 0 Å². The summed E-state index contributed by atoms with van der Waals surface area (Å²) in [7, 11) is 3.26. The molecule has 5 rings (SSSR count). The summed E-state index contributed by atoms with van der Waals surface area (Å²) in [5, 5.41) is 10.0. The fourth-order valence-corrected chi connectivity index (χ4v) is 4.36. The van der Waals surface area contributed by atoms with Gasteiger partial charge in [-0.25, -0.2) is 0 Å². The molecule has 0 atom stereocenters. The van der Waals surface area contributed by atoms with E-state index in [0.29, 0.717) is 56.0 Å². The van der Waals surface area contributed by atoms with Crippen molar-refractivity contribution < 1.29 is 18.9 Å². The first-order chi connectivity index (χ1) is 18.2. The predicted octanol–water partition coefficient (Wildman–Crippen LogP) is 5.32. The second-order valence-corrected chi connectivity index (χ2v) is 8.67. The van der Waals surface area contributed by atoms with Gasteiger partial charge in [0.05, 0.1) is 40.6 Å². The maximum Gasteiger partial charge on any atom is 0.217 e. The number of hydrogen-bond donors (Lipinski definition) is 1. The van der Waals surface area contributed by atoms with Crippen LogP contribution in [0.5, 0.6) is 17.4 Å². The maximum atomic E-state index is 6.07. The van der Waals surface area contributed by atoms with Gasteiger partial charge in [0, 0.05) is 60.0 Å². The third-order valence-electron chi connectivity index (χ3n) is 6.33. The minimum Gasteiger partial charge on any atom is -0.493 e. The van der Waals surface area contributed by atoms with E-state index in [1.807, 2.05) is 48.7 Å². The van der Waals surface area contributed by atoms with Crippen molar-refractivity contribution in [1.29, 1.82) is 0 Å². The highest BCUT2D eigenvalue weighted by Gasteiger charge is 2.15. The van der Waals surface area contributed by atoms with Crippen LogP contribution < -0.4 is 19.1 Å². The van der Waals surface area contributed by atoms with Crippen LogP contribution in [0, 0.1) is 0 Å². The Morgan fingerprint density at radius 1 is 1.00 bits per heavy atom. The molecule has 1 saturated heterocycles. The first-order valence-electron chi connectivity index (χ1n) is 12.3. The fraction of sp³-hybridized carbons (Fsp3) is 0.321. The molecule has 0 saturated carbocycles. The molecule has 1 N–H and O–H groups in total. The van der Waals surface area contributed by atoms with Crippen molar-refractivity contribution in [3.8, 4) is 17.4 Å². The van der Waals surface area contributed by atoms with Crippen molar-refractivity contribution in [1.82, 2.24) is 9.97 Å². The number of aromatic amines is 1. The van der Waals surface area contributed by atoms with Crippen molar-refractivity contribution in [3.63, 3.8) is 0 Å². The molecule has 4 aromatic rings. The minimum atomic E-state index is 0.459. The number of fused-ring (bicyclic) bond motifs is 1. The number of rotatable bonds is 10. The molecule has 0 bridgehead atoms. The first-order valence-corrected chi connectivity index (χ1v) is 12.3. The summed E-state index contributed by atoms with van der Waals surface area (Å²) in [6.45, 7) is 3.91. The summed E-state index contributed by atoms with van der Waals surface area (Å²) in [4.78, 5) is 10.1. The SMILES string of the molecule is COc1ccc(CCOc2cc(N3CCOCC3)cc(N=NCc3c[nH]c4ccccc34)n2)cc1OC. The Kier molecular flexibility index (Phi) is 7.81. The van der Waals surface area contributed by atoms with Crippen molar-refractivity contribution in [2.24, 2.45) is 10.2 Å². The Labute approximate surface area is 216 Å². The second kappa shape index (κ2) is 11.7. The van der Waals surface area contributed by atoms with E-state index in [1.54, 1.807) is 14.2 Å². The monoisotopic (exact) mass is 501 g/mol. The van der Waals surface area contributed by atoms with E-state index in [-0.39, 0.29) is 0 Å². The van der Waals surface area contributed by atoms with Gasteiger partial charge >= 0.3 is 0 Å². The van der Waals surface area contributed by atoms with Crippen LogP contribution in [0.1, 0.15) is 11.1 Å². The quantitative estimate of drug-likeness (QED) is 0.296. The molecular weight excluding hydrogens is 470 g/mol. The number of ether oxygens (including phenoxy) is 4. The molecule has 9 heteroatoms. The standard InChI is InChI=1S/C28H31N5O4/c1-34-25-8-7-20(15-26(25)35-2)9-12-37-28-17-22(33-10-13-36-14-11-33)16-27(31-28)32-30-19-21-18-29-24-6-4-3-5-23(21)24/h3-8,15-18,29H,9-14,19H2,1-2H3. The zero-order valence-corrected chi connectivity index (χ0v) is 21.1. The van der Waals surface area contributed by atoms with Crippen LogP contribution in [-0.4, -0.2) is 57.1 Å². The van der Waals surface area contributed by atoms with Gasteiger partial charge in [-0.1, -0.05) is 24.3 Å². The molecule has 1 aliphatic rings. The molecule has 1 fully saturated rings. The molecule has 1 aliphatic heterocycles. The Morgan fingerprint density at radius 2 is 1.84 bits per heavy atom. The number of nitrogens with one attached hydrogen (secondary N) is 1. The van der Waals surface area contributed by atoms with E-state index >= 15 is 0 Å². The van der Waals surface area contributed by atoms with Gasteiger partial charge in [-0.05, 0) is 23.8 Å². The molecule has 3 heterocycles. The van der Waals surface area contributed by atoms with Crippen LogP contribution in [0.4, 0.5) is 11.5 Å². The van der Waals surface area contributed by atoms with Crippen LogP contribution in [0.25, 0.3) is 10.9 Å². The highest BCUT2D eigenvalue weighted by Crippen LogP contribution is 2.29. The first kappa shape index (κ1) is 24.6. The molecule has 192 valence electrons. The lowest BCUT2D eigenvalue weighted by Crippen LogP contribution is -2.36. The number of nitrogens with zero attached hydrogens (tertiary/aromatic N) is 4. The molecule has 0 unspecified atom stereocenters. The molecule has 9 nitrogen and oxygen atoms in total. The number of benzene rings is 2. The summed E-state index contributed by atoms with van der Waals surface area (Å²) < 4.78 is 22.3. The molecule has 0 amide bonds. The van der Waals surface area contributed by atoms with Gasteiger partial charge in [-0.2, -0.15) is 10.1 Å². The van der Waals surface area contributed by atoms with Crippen molar-refractivity contribution >= 4 is 22.4 Å². The third kappa shape index (κ3) is 6.00. The molecule has 2 aromatic heterocycles. The van der Waals surface area contributed by atoms with E-state index in [9.17, 15) is 0 Å². The Morgan fingerprint density at radius 3 is 2.68 bits per heavy atom. The number of para-hydroxylation sites is 1. The van der Waals surface area contributed by atoms with E-state index in [0.717, 1.165) is 40.8 Å².